The van der Waals surface area contributed by atoms with Gasteiger partial charge in [0.25, 0.3) is 0 Å². The quantitative estimate of drug-likeness (QED) is 0.797. The van der Waals surface area contributed by atoms with E-state index in [1.54, 1.807) is 0 Å². The van der Waals surface area contributed by atoms with E-state index in [1.807, 2.05) is 18.2 Å². The topological polar surface area (TPSA) is 17.1 Å². The molecule has 0 spiro atoms. The van der Waals surface area contributed by atoms with Crippen molar-refractivity contribution in [1.82, 2.24) is 0 Å². The van der Waals surface area contributed by atoms with Crippen LogP contribution in [0.5, 0.6) is 0 Å². The number of hydrogen-bond donors (Lipinski definition) is 0. The molecule has 1 unspecified atom stereocenters. The van der Waals surface area contributed by atoms with Crippen LogP contribution in [0.25, 0.3) is 0 Å². The predicted molar refractivity (Wildman–Crippen MR) is 64.8 cm³/mol. The smallest absolute Gasteiger partial charge is 0.136 e. The van der Waals surface area contributed by atoms with E-state index in [1.165, 1.54) is 12.0 Å². The van der Waals surface area contributed by atoms with Gasteiger partial charge in [-0.25, -0.2) is 0 Å². The van der Waals surface area contributed by atoms with Crippen molar-refractivity contribution in [2.75, 3.05) is 0 Å². The summed E-state index contributed by atoms with van der Waals surface area (Å²) >= 11 is 3.53. The van der Waals surface area contributed by atoms with Crippen molar-refractivity contribution in [3.63, 3.8) is 0 Å². The highest BCUT2D eigenvalue weighted by molar-refractivity contribution is 9.10. The van der Waals surface area contributed by atoms with Crippen molar-refractivity contribution in [3.8, 4) is 0 Å². The molecule has 1 saturated carbocycles. The summed E-state index contributed by atoms with van der Waals surface area (Å²) in [6.07, 6.45) is 5.06. The zero-order valence-electron chi connectivity index (χ0n) is 8.71. The number of carbonyl (C=O) groups is 1. The monoisotopic (exact) mass is 266 g/mol. The molecule has 15 heavy (non-hydrogen) atoms. The van der Waals surface area contributed by atoms with Gasteiger partial charge in [0.2, 0.25) is 0 Å². The lowest BCUT2D eigenvalue weighted by atomic mass is 9.84. The molecule has 0 radical (unpaired) electrons. The normalized spacial score (nSPS) is 21.7. The predicted octanol–water partition coefficient (Wildman–Crippen LogP) is 3.75. The average molecular weight is 267 g/mol. The number of benzene rings is 1. The summed E-state index contributed by atoms with van der Waals surface area (Å²) in [5.41, 5.74) is 1.26. The second-order valence-electron chi connectivity index (χ2n) is 4.20. The van der Waals surface area contributed by atoms with Gasteiger partial charge in [-0.3, -0.25) is 4.79 Å². The standard InChI is InChI=1S/C13H15BrO/c14-12-7-3-1-5-10(12)9-11-6-2-4-8-13(11)15/h1,3,5,7,11H,2,4,6,8-9H2. The Labute approximate surface area is 99.0 Å². The molecule has 0 saturated heterocycles. The number of rotatable bonds is 2. The number of ketones is 1. The van der Waals surface area contributed by atoms with Crippen LogP contribution in [0.15, 0.2) is 28.7 Å². The lowest BCUT2D eigenvalue weighted by molar-refractivity contribution is -0.124. The minimum Gasteiger partial charge on any atom is -0.299 e. The van der Waals surface area contributed by atoms with Crippen LogP contribution in [0.4, 0.5) is 0 Å². The zero-order chi connectivity index (χ0) is 10.7. The average Bonchev–Trinajstić information content (AvgIpc) is 2.24. The molecule has 1 aliphatic rings. The van der Waals surface area contributed by atoms with Gasteiger partial charge in [0.1, 0.15) is 5.78 Å². The molecule has 1 fully saturated rings. The van der Waals surface area contributed by atoms with Crippen LogP contribution in [-0.4, -0.2) is 5.78 Å². The van der Waals surface area contributed by atoms with Crippen LogP contribution in [0.1, 0.15) is 31.2 Å². The molecule has 0 N–H and O–H groups in total. The number of carbonyl (C=O) groups excluding carboxylic acids is 1. The van der Waals surface area contributed by atoms with Gasteiger partial charge in [0.15, 0.2) is 0 Å². The second kappa shape index (κ2) is 4.93. The lowest BCUT2D eigenvalue weighted by Gasteiger charge is -2.20. The Bertz CT molecular complexity index is 359. The molecule has 1 atom stereocenters. The Balaban J connectivity index is 2.08. The fourth-order valence-electron chi connectivity index (χ4n) is 2.20. The van der Waals surface area contributed by atoms with E-state index in [0.717, 1.165) is 30.2 Å². The van der Waals surface area contributed by atoms with E-state index in [0.29, 0.717) is 5.78 Å². The maximum Gasteiger partial charge on any atom is 0.136 e. The van der Waals surface area contributed by atoms with Crippen LogP contribution in [-0.2, 0) is 11.2 Å². The molecule has 1 nitrogen and oxygen atoms in total. The summed E-state index contributed by atoms with van der Waals surface area (Å²) in [5.74, 6) is 0.717. The van der Waals surface area contributed by atoms with Crippen molar-refractivity contribution in [2.24, 2.45) is 5.92 Å². The molecule has 0 bridgehead atoms. The first kappa shape index (κ1) is 10.9. The zero-order valence-corrected chi connectivity index (χ0v) is 10.3. The molecular weight excluding hydrogens is 252 g/mol. The molecule has 1 aromatic rings. The maximum absolute atomic E-state index is 11.7. The summed E-state index contributed by atoms with van der Waals surface area (Å²) in [7, 11) is 0. The third-order valence-electron chi connectivity index (χ3n) is 3.11. The van der Waals surface area contributed by atoms with E-state index in [9.17, 15) is 4.79 Å². The van der Waals surface area contributed by atoms with E-state index in [4.69, 9.17) is 0 Å². The summed E-state index contributed by atoms with van der Waals surface area (Å²) in [6, 6.07) is 8.19. The summed E-state index contributed by atoms with van der Waals surface area (Å²) in [4.78, 5) is 11.7. The molecular formula is C13H15BrO. The third-order valence-corrected chi connectivity index (χ3v) is 3.88. The van der Waals surface area contributed by atoms with E-state index in [2.05, 4.69) is 22.0 Å². The van der Waals surface area contributed by atoms with E-state index >= 15 is 0 Å². The fraction of sp³-hybridized carbons (Fsp3) is 0.462. The number of halogens is 1. The molecule has 1 aromatic carbocycles. The Kier molecular flexibility index (Phi) is 3.57. The Morgan fingerprint density at radius 1 is 1.27 bits per heavy atom. The highest BCUT2D eigenvalue weighted by atomic mass is 79.9. The van der Waals surface area contributed by atoms with Crippen LogP contribution >= 0.6 is 15.9 Å². The molecule has 80 valence electrons. The molecule has 0 aliphatic heterocycles. The van der Waals surface area contributed by atoms with E-state index < -0.39 is 0 Å². The maximum atomic E-state index is 11.7. The van der Waals surface area contributed by atoms with Gasteiger partial charge in [-0.2, -0.15) is 0 Å². The summed E-state index contributed by atoms with van der Waals surface area (Å²) in [6.45, 7) is 0. The SMILES string of the molecule is O=C1CCCCC1Cc1ccccc1Br. The molecule has 0 amide bonds. The van der Waals surface area contributed by atoms with Gasteiger partial charge >= 0.3 is 0 Å². The van der Waals surface area contributed by atoms with Gasteiger partial charge in [0, 0.05) is 16.8 Å². The molecule has 0 heterocycles. The highest BCUT2D eigenvalue weighted by Gasteiger charge is 2.22. The fourth-order valence-corrected chi connectivity index (χ4v) is 2.65. The van der Waals surface area contributed by atoms with Crippen molar-refractivity contribution in [1.29, 1.82) is 0 Å². The second-order valence-corrected chi connectivity index (χ2v) is 5.06. The first-order chi connectivity index (χ1) is 7.27. The minimum atomic E-state index is 0.262. The van der Waals surface area contributed by atoms with Crippen molar-refractivity contribution >= 4 is 21.7 Å². The van der Waals surface area contributed by atoms with Crippen LogP contribution < -0.4 is 0 Å². The molecule has 2 rings (SSSR count). The lowest BCUT2D eigenvalue weighted by Crippen LogP contribution is -2.21. The van der Waals surface area contributed by atoms with Gasteiger partial charge in [-0.15, -0.1) is 0 Å². The first-order valence-corrected chi connectivity index (χ1v) is 6.33. The van der Waals surface area contributed by atoms with Gasteiger partial charge in [-0.05, 0) is 30.9 Å². The number of Topliss-reactive ketones (excluding diaryl/α,β-unsaturated/α-hetero) is 1. The summed E-state index contributed by atoms with van der Waals surface area (Å²) < 4.78 is 1.13. The largest absolute Gasteiger partial charge is 0.299 e. The van der Waals surface area contributed by atoms with Gasteiger partial charge in [0.05, 0.1) is 0 Å². The highest BCUT2D eigenvalue weighted by Crippen LogP contribution is 2.27. The van der Waals surface area contributed by atoms with Crippen LogP contribution in [0, 0.1) is 5.92 Å². The van der Waals surface area contributed by atoms with Crippen molar-refractivity contribution in [2.45, 2.75) is 32.1 Å². The Morgan fingerprint density at radius 3 is 2.80 bits per heavy atom. The molecule has 0 aromatic heterocycles. The van der Waals surface area contributed by atoms with Gasteiger partial charge in [-0.1, -0.05) is 40.5 Å². The summed E-state index contributed by atoms with van der Waals surface area (Å²) in [5, 5.41) is 0. The Morgan fingerprint density at radius 2 is 2.07 bits per heavy atom. The minimum absolute atomic E-state index is 0.262. The third kappa shape index (κ3) is 2.69. The van der Waals surface area contributed by atoms with Crippen LogP contribution in [0.3, 0.4) is 0 Å². The van der Waals surface area contributed by atoms with Crippen molar-refractivity contribution in [3.05, 3.63) is 34.3 Å². The molecule has 1 aliphatic carbocycles. The van der Waals surface area contributed by atoms with E-state index in [-0.39, 0.29) is 5.92 Å². The van der Waals surface area contributed by atoms with Crippen LogP contribution in [0.2, 0.25) is 0 Å². The van der Waals surface area contributed by atoms with Crippen molar-refractivity contribution < 1.29 is 4.79 Å². The number of hydrogen-bond acceptors (Lipinski definition) is 1. The van der Waals surface area contributed by atoms with Gasteiger partial charge < -0.3 is 0 Å². The Hall–Kier alpha value is -0.630. The molecule has 2 heteroatoms. The first-order valence-electron chi connectivity index (χ1n) is 5.53.